The van der Waals surface area contributed by atoms with E-state index in [0.717, 1.165) is 0 Å². The second kappa shape index (κ2) is 3.80. The molecule has 3 nitrogen and oxygen atoms in total. The van der Waals surface area contributed by atoms with E-state index in [9.17, 15) is 0 Å². The average molecular weight is 221 g/mol. The summed E-state index contributed by atoms with van der Waals surface area (Å²) >= 11 is 11.7. The standard InChI is InChI=1S/C8H10Cl2N2O/c1-8(11,4-13)7-5(9)2-12-3-6(7)10/h2-3,13H,4,11H2,1H3. The number of rotatable bonds is 2. The van der Waals surface area contributed by atoms with E-state index in [-0.39, 0.29) is 6.61 Å². The molecule has 0 bridgehead atoms. The van der Waals surface area contributed by atoms with Crippen LogP contribution in [0.15, 0.2) is 12.4 Å². The van der Waals surface area contributed by atoms with Gasteiger partial charge in [-0.1, -0.05) is 23.2 Å². The Morgan fingerprint density at radius 3 is 2.31 bits per heavy atom. The predicted molar refractivity (Wildman–Crippen MR) is 52.9 cm³/mol. The maximum Gasteiger partial charge on any atom is 0.0655 e. The summed E-state index contributed by atoms with van der Waals surface area (Å²) in [4.78, 5) is 3.79. The summed E-state index contributed by atoms with van der Waals surface area (Å²) in [5.41, 5.74) is 5.38. The van der Waals surface area contributed by atoms with Gasteiger partial charge in [0.2, 0.25) is 0 Å². The summed E-state index contributed by atoms with van der Waals surface area (Å²) in [6.45, 7) is 1.43. The Morgan fingerprint density at radius 1 is 1.46 bits per heavy atom. The molecule has 0 aromatic carbocycles. The van der Waals surface area contributed by atoms with E-state index < -0.39 is 5.54 Å². The molecule has 1 aromatic rings. The molecule has 1 rings (SSSR count). The van der Waals surface area contributed by atoms with Crippen molar-refractivity contribution in [2.75, 3.05) is 6.61 Å². The lowest BCUT2D eigenvalue weighted by molar-refractivity contribution is 0.210. The van der Waals surface area contributed by atoms with Gasteiger partial charge in [-0.2, -0.15) is 0 Å². The number of aliphatic hydroxyl groups is 1. The number of hydrogen-bond acceptors (Lipinski definition) is 3. The zero-order chi connectivity index (χ0) is 10.1. The van der Waals surface area contributed by atoms with E-state index in [4.69, 9.17) is 34.0 Å². The van der Waals surface area contributed by atoms with Crippen LogP contribution in [0.3, 0.4) is 0 Å². The van der Waals surface area contributed by atoms with Crippen LogP contribution in [0, 0.1) is 0 Å². The van der Waals surface area contributed by atoms with E-state index in [1.165, 1.54) is 12.4 Å². The number of nitrogens with two attached hydrogens (primary N) is 1. The number of pyridine rings is 1. The molecule has 13 heavy (non-hydrogen) atoms. The minimum atomic E-state index is -0.933. The molecule has 0 aliphatic heterocycles. The molecular weight excluding hydrogens is 211 g/mol. The van der Waals surface area contributed by atoms with Crippen LogP contribution in [-0.4, -0.2) is 16.7 Å². The largest absolute Gasteiger partial charge is 0.394 e. The lowest BCUT2D eigenvalue weighted by Gasteiger charge is -2.24. The number of hydrogen-bond donors (Lipinski definition) is 2. The van der Waals surface area contributed by atoms with Gasteiger partial charge in [-0.25, -0.2) is 0 Å². The molecule has 0 amide bonds. The second-order valence-electron chi connectivity index (χ2n) is 3.05. The summed E-state index contributed by atoms with van der Waals surface area (Å²) in [5.74, 6) is 0. The third kappa shape index (κ3) is 2.11. The van der Waals surface area contributed by atoms with Crippen molar-refractivity contribution >= 4 is 23.2 Å². The highest BCUT2D eigenvalue weighted by molar-refractivity contribution is 6.35. The zero-order valence-electron chi connectivity index (χ0n) is 7.09. The molecule has 0 saturated carbocycles. The van der Waals surface area contributed by atoms with E-state index in [0.29, 0.717) is 15.6 Å². The van der Waals surface area contributed by atoms with Gasteiger partial charge in [0.25, 0.3) is 0 Å². The first-order chi connectivity index (χ1) is 5.99. The summed E-state index contributed by atoms with van der Waals surface area (Å²) in [6.07, 6.45) is 2.90. The highest BCUT2D eigenvalue weighted by Crippen LogP contribution is 2.31. The summed E-state index contributed by atoms with van der Waals surface area (Å²) in [7, 11) is 0. The van der Waals surface area contributed by atoms with Gasteiger partial charge in [-0.3, -0.25) is 4.98 Å². The van der Waals surface area contributed by atoms with Gasteiger partial charge in [-0.15, -0.1) is 0 Å². The van der Waals surface area contributed by atoms with Gasteiger partial charge in [0.15, 0.2) is 0 Å². The summed E-state index contributed by atoms with van der Waals surface area (Å²) in [5, 5.41) is 9.77. The molecule has 1 aromatic heterocycles. The minimum Gasteiger partial charge on any atom is -0.394 e. The Balaban J connectivity index is 3.28. The molecule has 1 unspecified atom stereocenters. The molecule has 1 heterocycles. The molecule has 0 fully saturated rings. The lowest BCUT2D eigenvalue weighted by atomic mass is 9.95. The van der Waals surface area contributed by atoms with Crippen LogP contribution in [0.25, 0.3) is 0 Å². The third-order valence-corrected chi connectivity index (χ3v) is 2.33. The molecular formula is C8H10Cl2N2O. The van der Waals surface area contributed by atoms with Crippen LogP contribution in [0.5, 0.6) is 0 Å². The zero-order valence-corrected chi connectivity index (χ0v) is 8.60. The van der Waals surface area contributed by atoms with Crippen LogP contribution >= 0.6 is 23.2 Å². The van der Waals surface area contributed by atoms with E-state index in [1.54, 1.807) is 6.92 Å². The molecule has 0 spiro atoms. The highest BCUT2D eigenvalue weighted by Gasteiger charge is 2.25. The van der Waals surface area contributed by atoms with Crippen molar-refractivity contribution in [1.82, 2.24) is 4.98 Å². The van der Waals surface area contributed by atoms with Crippen molar-refractivity contribution in [2.24, 2.45) is 5.73 Å². The van der Waals surface area contributed by atoms with Crippen molar-refractivity contribution in [3.05, 3.63) is 28.0 Å². The first kappa shape index (κ1) is 10.7. The van der Waals surface area contributed by atoms with Crippen LogP contribution in [0.1, 0.15) is 12.5 Å². The van der Waals surface area contributed by atoms with Crippen molar-refractivity contribution in [3.63, 3.8) is 0 Å². The monoisotopic (exact) mass is 220 g/mol. The normalized spacial score (nSPS) is 15.5. The molecule has 0 aliphatic carbocycles. The summed E-state index contributed by atoms with van der Waals surface area (Å²) < 4.78 is 0. The Kier molecular flexibility index (Phi) is 3.14. The van der Waals surface area contributed by atoms with Gasteiger partial charge >= 0.3 is 0 Å². The SMILES string of the molecule is CC(N)(CO)c1c(Cl)cncc1Cl. The van der Waals surface area contributed by atoms with E-state index in [1.807, 2.05) is 0 Å². The fraction of sp³-hybridized carbons (Fsp3) is 0.375. The maximum absolute atomic E-state index is 9.03. The Bertz CT molecular complexity index is 295. The molecule has 72 valence electrons. The minimum absolute atomic E-state index is 0.226. The third-order valence-electron chi connectivity index (χ3n) is 1.75. The number of halogens is 2. The second-order valence-corrected chi connectivity index (χ2v) is 3.87. The quantitative estimate of drug-likeness (QED) is 0.796. The van der Waals surface area contributed by atoms with Crippen molar-refractivity contribution in [3.8, 4) is 0 Å². The molecule has 0 saturated heterocycles. The fourth-order valence-corrected chi connectivity index (χ4v) is 1.83. The van der Waals surface area contributed by atoms with Crippen LogP contribution in [-0.2, 0) is 5.54 Å². The molecule has 0 aliphatic rings. The van der Waals surface area contributed by atoms with Crippen molar-refractivity contribution in [2.45, 2.75) is 12.5 Å². The molecule has 5 heteroatoms. The van der Waals surface area contributed by atoms with E-state index in [2.05, 4.69) is 4.98 Å². The van der Waals surface area contributed by atoms with E-state index >= 15 is 0 Å². The maximum atomic E-state index is 9.03. The van der Waals surface area contributed by atoms with Crippen LogP contribution < -0.4 is 5.73 Å². The topological polar surface area (TPSA) is 59.1 Å². The molecule has 3 N–H and O–H groups in total. The van der Waals surface area contributed by atoms with Crippen molar-refractivity contribution < 1.29 is 5.11 Å². The number of aliphatic hydroxyl groups excluding tert-OH is 1. The lowest BCUT2D eigenvalue weighted by Crippen LogP contribution is -2.37. The van der Waals surface area contributed by atoms with Gasteiger partial charge in [-0.05, 0) is 6.92 Å². The Hall–Kier alpha value is -0.350. The predicted octanol–water partition coefficient (Wildman–Crippen LogP) is 1.55. The first-order valence-electron chi connectivity index (χ1n) is 3.68. The molecule has 0 radical (unpaired) electrons. The number of aromatic nitrogens is 1. The first-order valence-corrected chi connectivity index (χ1v) is 4.44. The highest BCUT2D eigenvalue weighted by atomic mass is 35.5. The van der Waals surface area contributed by atoms with Gasteiger partial charge in [0.05, 0.1) is 22.2 Å². The Labute approximate surface area is 86.5 Å². The van der Waals surface area contributed by atoms with Gasteiger partial charge < -0.3 is 10.8 Å². The number of nitrogens with zero attached hydrogens (tertiary/aromatic N) is 1. The Morgan fingerprint density at radius 2 is 1.92 bits per heavy atom. The summed E-state index contributed by atoms with van der Waals surface area (Å²) in [6, 6.07) is 0. The van der Waals surface area contributed by atoms with Gasteiger partial charge in [0, 0.05) is 18.0 Å². The van der Waals surface area contributed by atoms with Crippen LogP contribution in [0.4, 0.5) is 0 Å². The fourth-order valence-electron chi connectivity index (χ4n) is 1.04. The smallest absolute Gasteiger partial charge is 0.0655 e. The van der Waals surface area contributed by atoms with Crippen LogP contribution in [0.2, 0.25) is 10.0 Å². The average Bonchev–Trinajstić information content (AvgIpc) is 2.03. The van der Waals surface area contributed by atoms with Crippen molar-refractivity contribution in [1.29, 1.82) is 0 Å². The molecule has 1 atom stereocenters. The van der Waals surface area contributed by atoms with Gasteiger partial charge in [0.1, 0.15) is 0 Å².